The summed E-state index contributed by atoms with van der Waals surface area (Å²) >= 11 is 0. The zero-order valence-corrected chi connectivity index (χ0v) is 12.5. The summed E-state index contributed by atoms with van der Waals surface area (Å²) in [5.41, 5.74) is 4.62. The largest absolute Gasteiger partial charge is 0.384 e. The third-order valence-electron chi connectivity index (χ3n) is 4.18. The number of carbonyl (C=O) groups excluding carboxylic acids is 1. The van der Waals surface area contributed by atoms with Gasteiger partial charge in [0.2, 0.25) is 5.91 Å². The quantitative estimate of drug-likeness (QED) is 0.936. The Morgan fingerprint density at radius 3 is 2.71 bits per heavy atom. The topological polar surface area (TPSA) is 32.3 Å². The van der Waals surface area contributed by atoms with E-state index >= 15 is 0 Å². The van der Waals surface area contributed by atoms with Crippen LogP contribution in [0.25, 0.3) is 0 Å². The van der Waals surface area contributed by atoms with E-state index in [1.54, 1.807) is 0 Å². The number of benzene rings is 2. The summed E-state index contributed by atoms with van der Waals surface area (Å²) in [4.78, 5) is 14.5. The molecule has 0 fully saturated rings. The highest BCUT2D eigenvalue weighted by molar-refractivity contribution is 5.88. The molecule has 0 spiro atoms. The second-order valence-electron chi connectivity index (χ2n) is 5.64. The number of likely N-dealkylation sites (N-methyl/N-ethyl adjacent to an activating group) is 1. The maximum Gasteiger partial charge on any atom is 0.232 e. The third kappa shape index (κ3) is 2.64. The van der Waals surface area contributed by atoms with Gasteiger partial charge in [0.25, 0.3) is 0 Å². The molecule has 3 rings (SSSR count). The van der Waals surface area contributed by atoms with Crippen molar-refractivity contribution in [3.8, 4) is 0 Å². The standard InChI is InChI=1S/C18H20N2O/c1-13-7-3-4-8-14(13)12-20(2)18(21)16-11-19-17-10-6-5-9-15(16)17/h3-10,16,19H,11-12H2,1-2H3. The van der Waals surface area contributed by atoms with Crippen LogP contribution in [-0.2, 0) is 11.3 Å². The number of anilines is 1. The number of nitrogens with one attached hydrogen (secondary N) is 1. The fraction of sp³-hybridized carbons (Fsp3) is 0.278. The highest BCUT2D eigenvalue weighted by atomic mass is 16.2. The van der Waals surface area contributed by atoms with Crippen molar-refractivity contribution in [1.82, 2.24) is 4.90 Å². The molecule has 2 aromatic rings. The monoisotopic (exact) mass is 280 g/mol. The molecule has 2 aromatic carbocycles. The summed E-state index contributed by atoms with van der Waals surface area (Å²) in [7, 11) is 1.88. The SMILES string of the molecule is Cc1ccccc1CN(C)C(=O)C1CNc2ccccc21. The molecule has 0 aliphatic carbocycles. The average molecular weight is 280 g/mol. The maximum atomic E-state index is 12.7. The van der Waals surface area contributed by atoms with Crippen molar-refractivity contribution in [2.75, 3.05) is 18.9 Å². The van der Waals surface area contributed by atoms with Crippen molar-refractivity contribution in [2.24, 2.45) is 0 Å². The highest BCUT2D eigenvalue weighted by Crippen LogP contribution is 2.32. The Hall–Kier alpha value is -2.29. The summed E-state index contributed by atoms with van der Waals surface area (Å²) in [6.45, 7) is 3.43. The average Bonchev–Trinajstić information content (AvgIpc) is 2.92. The number of para-hydroxylation sites is 1. The van der Waals surface area contributed by atoms with Crippen molar-refractivity contribution in [3.05, 3.63) is 65.2 Å². The van der Waals surface area contributed by atoms with Crippen LogP contribution in [0.2, 0.25) is 0 Å². The molecular weight excluding hydrogens is 260 g/mol. The van der Waals surface area contributed by atoms with E-state index in [1.165, 1.54) is 11.1 Å². The van der Waals surface area contributed by atoms with Gasteiger partial charge in [0.15, 0.2) is 0 Å². The van der Waals surface area contributed by atoms with E-state index in [0.717, 1.165) is 11.3 Å². The Bertz CT molecular complexity index is 666. The Balaban J connectivity index is 1.76. The first-order valence-electron chi connectivity index (χ1n) is 7.29. The summed E-state index contributed by atoms with van der Waals surface area (Å²) in [5, 5.41) is 3.31. The lowest BCUT2D eigenvalue weighted by Crippen LogP contribution is -2.32. The molecule has 0 saturated heterocycles. The van der Waals surface area contributed by atoms with Crippen molar-refractivity contribution in [1.29, 1.82) is 0 Å². The van der Waals surface area contributed by atoms with Crippen LogP contribution in [0, 0.1) is 6.92 Å². The molecule has 1 atom stereocenters. The van der Waals surface area contributed by atoms with Gasteiger partial charge in [-0.15, -0.1) is 0 Å². The number of aryl methyl sites for hydroxylation is 1. The number of carbonyl (C=O) groups is 1. The van der Waals surface area contributed by atoms with E-state index in [2.05, 4.69) is 24.4 Å². The molecule has 0 radical (unpaired) electrons. The molecule has 0 aromatic heterocycles. The Labute approximate surface area is 125 Å². The molecule has 108 valence electrons. The smallest absolute Gasteiger partial charge is 0.232 e. The van der Waals surface area contributed by atoms with Gasteiger partial charge in [-0.3, -0.25) is 4.79 Å². The molecule has 1 heterocycles. The second kappa shape index (κ2) is 5.60. The first-order valence-corrected chi connectivity index (χ1v) is 7.29. The van der Waals surface area contributed by atoms with Crippen molar-refractivity contribution in [3.63, 3.8) is 0 Å². The van der Waals surface area contributed by atoms with Crippen LogP contribution >= 0.6 is 0 Å². The first-order chi connectivity index (χ1) is 10.2. The molecule has 1 unspecified atom stereocenters. The molecule has 0 bridgehead atoms. The van der Waals surface area contributed by atoms with Gasteiger partial charge in [-0.25, -0.2) is 0 Å². The molecule has 3 heteroatoms. The molecule has 1 aliphatic rings. The van der Waals surface area contributed by atoms with Crippen LogP contribution in [0.1, 0.15) is 22.6 Å². The minimum Gasteiger partial charge on any atom is -0.384 e. The van der Waals surface area contributed by atoms with Gasteiger partial charge in [-0.1, -0.05) is 42.5 Å². The molecule has 0 saturated carbocycles. The van der Waals surface area contributed by atoms with E-state index in [9.17, 15) is 4.79 Å². The van der Waals surface area contributed by atoms with Crippen LogP contribution < -0.4 is 5.32 Å². The number of rotatable bonds is 3. The van der Waals surface area contributed by atoms with Crippen LogP contribution in [0.4, 0.5) is 5.69 Å². The normalized spacial score (nSPS) is 16.2. The Kier molecular flexibility index (Phi) is 3.65. The van der Waals surface area contributed by atoms with Crippen LogP contribution in [0.15, 0.2) is 48.5 Å². The lowest BCUT2D eigenvalue weighted by atomic mass is 9.99. The number of amides is 1. The second-order valence-corrected chi connectivity index (χ2v) is 5.64. The van der Waals surface area contributed by atoms with E-state index in [1.807, 2.05) is 48.3 Å². The minimum absolute atomic E-state index is 0.0739. The van der Waals surface area contributed by atoms with Crippen LogP contribution in [-0.4, -0.2) is 24.4 Å². The fourth-order valence-corrected chi connectivity index (χ4v) is 2.89. The highest BCUT2D eigenvalue weighted by Gasteiger charge is 2.30. The van der Waals surface area contributed by atoms with E-state index in [-0.39, 0.29) is 11.8 Å². The number of hydrogen-bond acceptors (Lipinski definition) is 2. The number of fused-ring (bicyclic) bond motifs is 1. The first kappa shape index (κ1) is 13.7. The lowest BCUT2D eigenvalue weighted by molar-refractivity contribution is -0.131. The van der Waals surface area contributed by atoms with Crippen LogP contribution in [0.5, 0.6) is 0 Å². The molecule has 1 aliphatic heterocycles. The van der Waals surface area contributed by atoms with Crippen molar-refractivity contribution >= 4 is 11.6 Å². The molecule has 1 amide bonds. The summed E-state index contributed by atoms with van der Waals surface area (Å²) < 4.78 is 0. The van der Waals surface area contributed by atoms with Gasteiger partial charge in [0.1, 0.15) is 0 Å². The predicted molar refractivity (Wildman–Crippen MR) is 85.3 cm³/mol. The van der Waals surface area contributed by atoms with Gasteiger partial charge >= 0.3 is 0 Å². The maximum absolute atomic E-state index is 12.7. The van der Waals surface area contributed by atoms with Crippen molar-refractivity contribution < 1.29 is 4.79 Å². The van der Waals surface area contributed by atoms with Gasteiger partial charge in [0.05, 0.1) is 5.92 Å². The van der Waals surface area contributed by atoms with Crippen LogP contribution in [0.3, 0.4) is 0 Å². The predicted octanol–water partition coefficient (Wildman–Crippen LogP) is 3.16. The van der Waals surface area contributed by atoms with E-state index < -0.39 is 0 Å². The lowest BCUT2D eigenvalue weighted by Gasteiger charge is -2.22. The van der Waals surface area contributed by atoms with Gasteiger partial charge in [-0.05, 0) is 29.7 Å². The van der Waals surface area contributed by atoms with Gasteiger partial charge < -0.3 is 10.2 Å². The van der Waals surface area contributed by atoms with E-state index in [0.29, 0.717) is 13.1 Å². The van der Waals surface area contributed by atoms with Gasteiger partial charge in [0, 0.05) is 25.8 Å². The number of nitrogens with zero attached hydrogens (tertiary/aromatic N) is 1. The Morgan fingerprint density at radius 2 is 1.90 bits per heavy atom. The molecule has 21 heavy (non-hydrogen) atoms. The van der Waals surface area contributed by atoms with E-state index in [4.69, 9.17) is 0 Å². The third-order valence-corrected chi connectivity index (χ3v) is 4.18. The zero-order chi connectivity index (χ0) is 14.8. The summed E-state index contributed by atoms with van der Waals surface area (Å²) in [6.07, 6.45) is 0. The molecular formula is C18H20N2O. The molecule has 3 nitrogen and oxygen atoms in total. The van der Waals surface area contributed by atoms with Gasteiger partial charge in [-0.2, -0.15) is 0 Å². The zero-order valence-electron chi connectivity index (χ0n) is 12.5. The Morgan fingerprint density at radius 1 is 1.19 bits per heavy atom. The fourth-order valence-electron chi connectivity index (χ4n) is 2.89. The summed E-state index contributed by atoms with van der Waals surface area (Å²) in [5.74, 6) is 0.103. The van der Waals surface area contributed by atoms with Crippen molar-refractivity contribution in [2.45, 2.75) is 19.4 Å². The number of hydrogen-bond donors (Lipinski definition) is 1. The summed E-state index contributed by atoms with van der Waals surface area (Å²) in [6, 6.07) is 16.3. The molecule has 1 N–H and O–H groups in total. The minimum atomic E-state index is -0.0739.